The molecule has 2 aromatic rings. The van der Waals surface area contributed by atoms with Gasteiger partial charge in [0.1, 0.15) is 0 Å². The Kier molecular flexibility index (Phi) is 4.41. The first-order valence-corrected chi connectivity index (χ1v) is 6.68. The maximum atomic E-state index is 12.0. The van der Waals surface area contributed by atoms with Crippen molar-refractivity contribution in [3.63, 3.8) is 0 Å². The van der Waals surface area contributed by atoms with Gasteiger partial charge < -0.3 is 10.2 Å². The van der Waals surface area contributed by atoms with E-state index >= 15 is 0 Å². The minimum Gasteiger partial charge on any atom is -0.378 e. The van der Waals surface area contributed by atoms with Crippen molar-refractivity contribution in [2.45, 2.75) is 13.3 Å². The van der Waals surface area contributed by atoms with Crippen LogP contribution >= 0.6 is 0 Å². The molecule has 20 heavy (non-hydrogen) atoms. The summed E-state index contributed by atoms with van der Waals surface area (Å²) in [6, 6.07) is 15.8. The van der Waals surface area contributed by atoms with Crippen molar-refractivity contribution < 1.29 is 4.79 Å². The number of amides is 1. The highest BCUT2D eigenvalue weighted by Crippen LogP contribution is 2.16. The van der Waals surface area contributed by atoms with Gasteiger partial charge in [0.15, 0.2) is 0 Å². The Balaban J connectivity index is 1.99. The highest BCUT2D eigenvalue weighted by molar-refractivity contribution is 5.92. The lowest BCUT2D eigenvalue weighted by molar-refractivity contribution is -0.115. The Hall–Kier alpha value is -2.29. The molecule has 0 aromatic heterocycles. The highest BCUT2D eigenvalue weighted by Gasteiger charge is 2.06. The SMILES string of the molecule is Cc1ccccc1CC(=O)Nc1ccc(N(C)C)cc1. The predicted octanol–water partition coefficient (Wildman–Crippen LogP) is 3.24. The van der Waals surface area contributed by atoms with Crippen molar-refractivity contribution in [3.8, 4) is 0 Å². The van der Waals surface area contributed by atoms with Gasteiger partial charge in [-0.2, -0.15) is 0 Å². The number of nitrogens with zero attached hydrogens (tertiary/aromatic N) is 1. The van der Waals surface area contributed by atoms with E-state index in [1.54, 1.807) is 0 Å². The van der Waals surface area contributed by atoms with Gasteiger partial charge in [0, 0.05) is 25.5 Å². The summed E-state index contributed by atoms with van der Waals surface area (Å²) in [6.07, 6.45) is 0.405. The fourth-order valence-electron chi connectivity index (χ4n) is 2.03. The Labute approximate surface area is 120 Å². The average Bonchev–Trinajstić information content (AvgIpc) is 2.42. The van der Waals surface area contributed by atoms with Gasteiger partial charge in [-0.1, -0.05) is 24.3 Å². The van der Waals surface area contributed by atoms with Crippen molar-refractivity contribution in [2.24, 2.45) is 0 Å². The smallest absolute Gasteiger partial charge is 0.228 e. The fraction of sp³-hybridized carbons (Fsp3) is 0.235. The lowest BCUT2D eigenvalue weighted by Gasteiger charge is -2.13. The van der Waals surface area contributed by atoms with Crippen LogP contribution in [0.15, 0.2) is 48.5 Å². The normalized spacial score (nSPS) is 10.2. The van der Waals surface area contributed by atoms with E-state index in [1.165, 1.54) is 0 Å². The molecule has 1 amide bonds. The Morgan fingerprint density at radius 2 is 1.70 bits per heavy atom. The quantitative estimate of drug-likeness (QED) is 0.923. The maximum Gasteiger partial charge on any atom is 0.228 e. The van der Waals surface area contributed by atoms with Crippen LogP contribution < -0.4 is 10.2 Å². The van der Waals surface area contributed by atoms with Gasteiger partial charge in [0.25, 0.3) is 0 Å². The first-order valence-electron chi connectivity index (χ1n) is 6.68. The summed E-state index contributed by atoms with van der Waals surface area (Å²) in [5, 5.41) is 2.93. The van der Waals surface area contributed by atoms with Crippen LogP contribution in [-0.4, -0.2) is 20.0 Å². The molecule has 0 radical (unpaired) electrons. The molecule has 3 nitrogen and oxygen atoms in total. The monoisotopic (exact) mass is 268 g/mol. The zero-order valence-corrected chi connectivity index (χ0v) is 12.2. The first kappa shape index (κ1) is 14.1. The maximum absolute atomic E-state index is 12.0. The lowest BCUT2D eigenvalue weighted by atomic mass is 10.1. The van der Waals surface area contributed by atoms with Crippen molar-refractivity contribution in [2.75, 3.05) is 24.3 Å². The number of rotatable bonds is 4. The molecule has 0 saturated heterocycles. The molecule has 3 heteroatoms. The number of hydrogen-bond acceptors (Lipinski definition) is 2. The van der Waals surface area contributed by atoms with E-state index in [2.05, 4.69) is 5.32 Å². The molecule has 2 rings (SSSR count). The van der Waals surface area contributed by atoms with Gasteiger partial charge in [-0.25, -0.2) is 0 Å². The molecule has 0 fully saturated rings. The summed E-state index contributed by atoms with van der Waals surface area (Å²) >= 11 is 0. The summed E-state index contributed by atoms with van der Waals surface area (Å²) in [4.78, 5) is 14.1. The second kappa shape index (κ2) is 6.24. The number of carbonyl (C=O) groups is 1. The first-order chi connectivity index (χ1) is 9.56. The van der Waals surface area contributed by atoms with Crippen molar-refractivity contribution in [3.05, 3.63) is 59.7 Å². The summed E-state index contributed by atoms with van der Waals surface area (Å²) in [7, 11) is 3.98. The van der Waals surface area contributed by atoms with Gasteiger partial charge in [-0.05, 0) is 42.3 Å². The van der Waals surface area contributed by atoms with Gasteiger partial charge >= 0.3 is 0 Å². The van der Waals surface area contributed by atoms with Crippen LogP contribution in [0, 0.1) is 6.92 Å². The number of nitrogens with one attached hydrogen (secondary N) is 1. The minimum absolute atomic E-state index is 0.0110. The molecule has 0 heterocycles. The summed E-state index contributed by atoms with van der Waals surface area (Å²) < 4.78 is 0. The molecule has 0 aliphatic carbocycles. The number of anilines is 2. The lowest BCUT2D eigenvalue weighted by Crippen LogP contribution is -2.15. The van der Waals surface area contributed by atoms with Crippen molar-refractivity contribution >= 4 is 17.3 Å². The van der Waals surface area contributed by atoms with E-state index < -0.39 is 0 Å². The number of benzene rings is 2. The summed E-state index contributed by atoms with van der Waals surface area (Å²) in [6.45, 7) is 2.02. The van der Waals surface area contributed by atoms with Crippen LogP contribution in [0.5, 0.6) is 0 Å². The van der Waals surface area contributed by atoms with Crippen molar-refractivity contribution in [1.29, 1.82) is 0 Å². The number of carbonyl (C=O) groups excluding carboxylic acids is 1. The van der Waals surface area contributed by atoms with Crippen LogP contribution in [-0.2, 0) is 11.2 Å². The van der Waals surface area contributed by atoms with E-state index in [0.717, 1.165) is 22.5 Å². The molecule has 0 aliphatic rings. The van der Waals surface area contributed by atoms with E-state index in [-0.39, 0.29) is 5.91 Å². The highest BCUT2D eigenvalue weighted by atomic mass is 16.1. The molecule has 104 valence electrons. The topological polar surface area (TPSA) is 32.3 Å². The second-order valence-electron chi connectivity index (χ2n) is 5.09. The number of hydrogen-bond donors (Lipinski definition) is 1. The second-order valence-corrected chi connectivity index (χ2v) is 5.09. The molecule has 0 aliphatic heterocycles. The third-order valence-electron chi connectivity index (χ3n) is 3.28. The van der Waals surface area contributed by atoms with Gasteiger partial charge in [-0.15, -0.1) is 0 Å². The predicted molar refractivity (Wildman–Crippen MR) is 84.3 cm³/mol. The van der Waals surface area contributed by atoms with Gasteiger partial charge in [-0.3, -0.25) is 4.79 Å². The molecule has 2 aromatic carbocycles. The van der Waals surface area contributed by atoms with Crippen LogP contribution in [0.1, 0.15) is 11.1 Å². The molecule has 0 saturated carbocycles. The molecule has 0 spiro atoms. The van der Waals surface area contributed by atoms with Crippen LogP contribution in [0.4, 0.5) is 11.4 Å². The molecular formula is C17H20N2O. The molecule has 0 atom stereocenters. The van der Waals surface area contributed by atoms with E-state index in [1.807, 2.05) is 74.4 Å². The Morgan fingerprint density at radius 3 is 2.30 bits per heavy atom. The Morgan fingerprint density at radius 1 is 1.05 bits per heavy atom. The standard InChI is InChI=1S/C17H20N2O/c1-13-6-4-5-7-14(13)12-17(20)18-15-8-10-16(11-9-15)19(2)3/h4-11H,12H2,1-3H3,(H,18,20). The third kappa shape index (κ3) is 3.60. The number of aryl methyl sites for hydroxylation is 1. The molecule has 0 unspecified atom stereocenters. The molecular weight excluding hydrogens is 248 g/mol. The molecule has 0 bridgehead atoms. The zero-order valence-electron chi connectivity index (χ0n) is 12.2. The van der Waals surface area contributed by atoms with Crippen molar-refractivity contribution in [1.82, 2.24) is 0 Å². The fourth-order valence-corrected chi connectivity index (χ4v) is 2.03. The van der Waals surface area contributed by atoms with Gasteiger partial charge in [0.2, 0.25) is 5.91 Å². The van der Waals surface area contributed by atoms with E-state index in [9.17, 15) is 4.79 Å². The third-order valence-corrected chi connectivity index (χ3v) is 3.28. The molecule has 1 N–H and O–H groups in total. The minimum atomic E-state index is 0.0110. The van der Waals surface area contributed by atoms with Crippen LogP contribution in [0.2, 0.25) is 0 Å². The van der Waals surface area contributed by atoms with Gasteiger partial charge in [0.05, 0.1) is 6.42 Å². The zero-order chi connectivity index (χ0) is 14.5. The van der Waals surface area contributed by atoms with E-state index in [0.29, 0.717) is 6.42 Å². The van der Waals surface area contributed by atoms with E-state index in [4.69, 9.17) is 0 Å². The summed E-state index contributed by atoms with van der Waals surface area (Å²) in [5.74, 6) is 0.0110. The Bertz CT molecular complexity index is 588. The van der Waals surface area contributed by atoms with Crippen LogP contribution in [0.25, 0.3) is 0 Å². The van der Waals surface area contributed by atoms with Crippen LogP contribution in [0.3, 0.4) is 0 Å². The average molecular weight is 268 g/mol. The largest absolute Gasteiger partial charge is 0.378 e. The summed E-state index contributed by atoms with van der Waals surface area (Å²) in [5.41, 5.74) is 4.15.